The van der Waals surface area contributed by atoms with Crippen molar-refractivity contribution < 1.29 is 0 Å². The maximum atomic E-state index is 4.12. The van der Waals surface area contributed by atoms with Gasteiger partial charge in [0, 0.05) is 0 Å². The van der Waals surface area contributed by atoms with E-state index in [1.807, 2.05) is 0 Å². The normalized spacial score (nSPS) is 10.3. The summed E-state index contributed by atoms with van der Waals surface area (Å²) in [5.41, 5.74) is 4.17. The van der Waals surface area contributed by atoms with Crippen molar-refractivity contribution in [3.8, 4) is 0 Å². The molecule has 0 N–H and O–H groups in total. The Morgan fingerprint density at radius 2 is 1.80 bits per heavy atom. The summed E-state index contributed by atoms with van der Waals surface area (Å²) >= 11 is 0. The van der Waals surface area contributed by atoms with Crippen LogP contribution >= 0.6 is 0 Å². The molecule has 0 saturated carbocycles. The molecule has 1 rings (SSSR count). The minimum Gasteiger partial charge on any atom is -0.0999 e. The van der Waals surface area contributed by atoms with Gasteiger partial charge in [-0.05, 0) is 38.2 Å². The second-order valence-electron chi connectivity index (χ2n) is 4.34. The minimum atomic E-state index is 1.14. The van der Waals surface area contributed by atoms with Gasteiger partial charge in [-0.15, -0.1) is 0 Å². The molecule has 0 aliphatic rings. The van der Waals surface area contributed by atoms with Crippen molar-refractivity contribution in [1.82, 2.24) is 0 Å². The summed E-state index contributed by atoms with van der Waals surface area (Å²) in [5.74, 6) is 0. The first-order valence-electron chi connectivity index (χ1n) is 5.94. The molecule has 0 spiro atoms. The van der Waals surface area contributed by atoms with Crippen molar-refractivity contribution in [2.75, 3.05) is 0 Å². The maximum Gasteiger partial charge on any atom is -0.0242 e. The molecule has 0 heteroatoms. The molecular formula is C15H22. The number of unbranched alkanes of at least 4 members (excludes halogenated alkanes) is 1. The van der Waals surface area contributed by atoms with Gasteiger partial charge in [-0.1, -0.05) is 55.3 Å². The van der Waals surface area contributed by atoms with Crippen LogP contribution in [-0.4, -0.2) is 0 Å². The lowest BCUT2D eigenvalue weighted by Gasteiger charge is -2.05. The van der Waals surface area contributed by atoms with E-state index >= 15 is 0 Å². The van der Waals surface area contributed by atoms with Crippen molar-refractivity contribution in [2.45, 2.75) is 46.0 Å². The van der Waals surface area contributed by atoms with E-state index in [1.54, 1.807) is 0 Å². The maximum absolute atomic E-state index is 4.12. The first-order valence-corrected chi connectivity index (χ1v) is 5.94. The summed E-state index contributed by atoms with van der Waals surface area (Å²) in [6.07, 6.45) is 6.03. The Morgan fingerprint density at radius 3 is 2.40 bits per heavy atom. The molecule has 0 unspecified atom stereocenters. The van der Waals surface area contributed by atoms with Crippen LogP contribution in [0, 0.1) is 6.92 Å². The van der Waals surface area contributed by atoms with E-state index in [4.69, 9.17) is 0 Å². The van der Waals surface area contributed by atoms with Gasteiger partial charge in [-0.3, -0.25) is 0 Å². The SMILES string of the molecule is C=C(CCCC)CCc1ccc(C)cc1. The number of aryl methyl sites for hydroxylation is 2. The third-order valence-corrected chi connectivity index (χ3v) is 2.77. The summed E-state index contributed by atoms with van der Waals surface area (Å²) in [4.78, 5) is 0. The van der Waals surface area contributed by atoms with Crippen LogP contribution in [0.2, 0.25) is 0 Å². The van der Waals surface area contributed by atoms with E-state index in [1.165, 1.54) is 36.0 Å². The Bertz CT molecular complexity index is 292. The average Bonchev–Trinajstić information content (AvgIpc) is 2.25. The summed E-state index contributed by atoms with van der Waals surface area (Å²) < 4.78 is 0. The highest BCUT2D eigenvalue weighted by molar-refractivity contribution is 5.22. The third kappa shape index (κ3) is 4.83. The zero-order valence-corrected chi connectivity index (χ0v) is 10.1. The number of hydrogen-bond donors (Lipinski definition) is 0. The predicted octanol–water partition coefficient (Wildman–Crippen LogP) is 4.67. The molecule has 0 heterocycles. The molecule has 0 fully saturated rings. The van der Waals surface area contributed by atoms with E-state index < -0.39 is 0 Å². The standard InChI is InChI=1S/C15H22/c1-4-5-6-13(2)7-10-15-11-8-14(3)9-12-15/h8-9,11-12H,2,4-7,10H2,1,3H3. The summed E-state index contributed by atoms with van der Waals surface area (Å²) in [5, 5.41) is 0. The fourth-order valence-electron chi connectivity index (χ4n) is 1.63. The van der Waals surface area contributed by atoms with E-state index in [9.17, 15) is 0 Å². The Labute approximate surface area is 94.0 Å². The fraction of sp³-hybridized carbons (Fsp3) is 0.467. The molecule has 0 aromatic heterocycles. The predicted molar refractivity (Wildman–Crippen MR) is 68.2 cm³/mol. The summed E-state index contributed by atoms with van der Waals surface area (Å²) in [7, 11) is 0. The van der Waals surface area contributed by atoms with Crippen LogP contribution in [0.4, 0.5) is 0 Å². The van der Waals surface area contributed by atoms with Crippen molar-refractivity contribution in [3.63, 3.8) is 0 Å². The molecular weight excluding hydrogens is 180 g/mol. The smallest absolute Gasteiger partial charge is 0.0242 e. The first-order chi connectivity index (χ1) is 7.22. The molecule has 0 nitrogen and oxygen atoms in total. The number of hydrogen-bond acceptors (Lipinski definition) is 0. The Hall–Kier alpha value is -1.04. The fourth-order valence-corrected chi connectivity index (χ4v) is 1.63. The lowest BCUT2D eigenvalue weighted by molar-refractivity contribution is 0.752. The molecule has 0 atom stereocenters. The Morgan fingerprint density at radius 1 is 1.13 bits per heavy atom. The number of benzene rings is 1. The average molecular weight is 202 g/mol. The zero-order chi connectivity index (χ0) is 11.1. The molecule has 82 valence electrons. The number of allylic oxidation sites excluding steroid dienone is 1. The third-order valence-electron chi connectivity index (χ3n) is 2.77. The van der Waals surface area contributed by atoms with Gasteiger partial charge in [0.2, 0.25) is 0 Å². The molecule has 0 amide bonds. The van der Waals surface area contributed by atoms with Crippen LogP contribution in [-0.2, 0) is 6.42 Å². The highest BCUT2D eigenvalue weighted by atomic mass is 14.0. The molecule has 1 aromatic rings. The van der Waals surface area contributed by atoms with Crippen LogP contribution in [0.1, 0.15) is 43.7 Å². The van der Waals surface area contributed by atoms with Gasteiger partial charge in [0.1, 0.15) is 0 Å². The molecule has 0 bridgehead atoms. The second kappa shape index (κ2) is 6.44. The summed E-state index contributed by atoms with van der Waals surface area (Å²) in [6, 6.07) is 8.82. The van der Waals surface area contributed by atoms with Gasteiger partial charge in [0.15, 0.2) is 0 Å². The molecule has 1 aromatic carbocycles. The highest BCUT2D eigenvalue weighted by Crippen LogP contribution is 2.13. The first kappa shape index (κ1) is 12.0. The van der Waals surface area contributed by atoms with Gasteiger partial charge in [0.25, 0.3) is 0 Å². The Balaban J connectivity index is 2.30. The second-order valence-corrected chi connectivity index (χ2v) is 4.34. The van der Waals surface area contributed by atoms with Crippen LogP contribution in [0.25, 0.3) is 0 Å². The summed E-state index contributed by atoms with van der Waals surface area (Å²) in [6.45, 7) is 8.48. The monoisotopic (exact) mass is 202 g/mol. The minimum absolute atomic E-state index is 1.14. The van der Waals surface area contributed by atoms with E-state index in [2.05, 4.69) is 44.7 Å². The zero-order valence-electron chi connectivity index (χ0n) is 10.1. The van der Waals surface area contributed by atoms with E-state index in [0.717, 1.165) is 12.8 Å². The van der Waals surface area contributed by atoms with Gasteiger partial charge in [0.05, 0.1) is 0 Å². The lowest BCUT2D eigenvalue weighted by atomic mass is 10.0. The van der Waals surface area contributed by atoms with Crippen LogP contribution in [0.15, 0.2) is 36.4 Å². The van der Waals surface area contributed by atoms with Gasteiger partial charge in [-0.25, -0.2) is 0 Å². The van der Waals surface area contributed by atoms with E-state index in [-0.39, 0.29) is 0 Å². The topological polar surface area (TPSA) is 0 Å². The van der Waals surface area contributed by atoms with E-state index in [0.29, 0.717) is 0 Å². The van der Waals surface area contributed by atoms with Gasteiger partial charge in [-0.2, -0.15) is 0 Å². The quantitative estimate of drug-likeness (QED) is 0.588. The van der Waals surface area contributed by atoms with Crippen molar-refractivity contribution >= 4 is 0 Å². The van der Waals surface area contributed by atoms with Crippen molar-refractivity contribution in [3.05, 3.63) is 47.5 Å². The molecule has 0 radical (unpaired) electrons. The number of rotatable bonds is 6. The van der Waals surface area contributed by atoms with Gasteiger partial charge < -0.3 is 0 Å². The lowest BCUT2D eigenvalue weighted by Crippen LogP contribution is -1.89. The largest absolute Gasteiger partial charge is 0.0999 e. The highest BCUT2D eigenvalue weighted by Gasteiger charge is 1.96. The molecule has 0 aliphatic heterocycles. The van der Waals surface area contributed by atoms with Gasteiger partial charge >= 0.3 is 0 Å². The van der Waals surface area contributed by atoms with Crippen molar-refractivity contribution in [2.24, 2.45) is 0 Å². The Kier molecular flexibility index (Phi) is 5.17. The van der Waals surface area contributed by atoms with Crippen molar-refractivity contribution in [1.29, 1.82) is 0 Å². The van der Waals surface area contributed by atoms with Crippen LogP contribution in [0.3, 0.4) is 0 Å². The molecule has 0 saturated heterocycles. The molecule has 0 aliphatic carbocycles. The molecule has 15 heavy (non-hydrogen) atoms. The van der Waals surface area contributed by atoms with Crippen LogP contribution < -0.4 is 0 Å². The van der Waals surface area contributed by atoms with Crippen LogP contribution in [0.5, 0.6) is 0 Å².